The molecule has 0 aliphatic heterocycles. The summed E-state index contributed by atoms with van der Waals surface area (Å²) in [6, 6.07) is 10.7. The van der Waals surface area contributed by atoms with Crippen molar-refractivity contribution in [1.29, 1.82) is 0 Å². The van der Waals surface area contributed by atoms with E-state index in [1.165, 1.54) is 44.5 Å². The van der Waals surface area contributed by atoms with Gasteiger partial charge in [0, 0.05) is 12.5 Å². The summed E-state index contributed by atoms with van der Waals surface area (Å²) in [4.78, 5) is 22.9. The van der Waals surface area contributed by atoms with Crippen LogP contribution in [0.25, 0.3) is 0 Å². The average molecular weight is 328 g/mol. The maximum absolute atomic E-state index is 11.9. The molecule has 7 nitrogen and oxygen atoms in total. The van der Waals surface area contributed by atoms with E-state index < -0.39 is 11.9 Å². The molecule has 0 saturated carbocycles. The molecule has 2 N–H and O–H groups in total. The van der Waals surface area contributed by atoms with Crippen molar-refractivity contribution in [3.63, 3.8) is 0 Å². The van der Waals surface area contributed by atoms with Crippen LogP contribution in [-0.4, -0.2) is 30.3 Å². The van der Waals surface area contributed by atoms with Crippen LogP contribution >= 0.6 is 0 Å². The number of hydrogen-bond acceptors (Lipinski definition) is 6. The molecule has 0 atom stereocenters. The first-order valence-electron chi connectivity index (χ1n) is 6.98. The number of phenolic OH excluding ortho intramolecular Hbond substituents is 1. The fourth-order valence-corrected chi connectivity index (χ4v) is 1.85. The zero-order valence-electron chi connectivity index (χ0n) is 13.1. The molecule has 1 amide bonds. The number of ether oxygens (including phenoxy) is 2. The molecule has 0 heterocycles. The Balaban J connectivity index is 2.04. The van der Waals surface area contributed by atoms with E-state index in [2.05, 4.69) is 10.5 Å². The number of benzene rings is 2. The summed E-state index contributed by atoms with van der Waals surface area (Å²) in [6.45, 7) is 1.30. The van der Waals surface area contributed by atoms with Gasteiger partial charge in [-0.1, -0.05) is 0 Å². The van der Waals surface area contributed by atoms with Crippen molar-refractivity contribution in [3.8, 4) is 17.2 Å². The van der Waals surface area contributed by atoms with Crippen molar-refractivity contribution in [1.82, 2.24) is 5.43 Å². The second kappa shape index (κ2) is 7.77. The lowest BCUT2D eigenvalue weighted by Crippen LogP contribution is -2.17. The third-order valence-corrected chi connectivity index (χ3v) is 2.95. The molecule has 124 valence electrons. The van der Waals surface area contributed by atoms with Gasteiger partial charge >= 0.3 is 5.97 Å². The van der Waals surface area contributed by atoms with Crippen LogP contribution in [0.1, 0.15) is 22.8 Å². The molecular weight excluding hydrogens is 312 g/mol. The van der Waals surface area contributed by atoms with E-state index in [0.717, 1.165) is 0 Å². The zero-order chi connectivity index (χ0) is 17.5. The van der Waals surface area contributed by atoms with Crippen LogP contribution in [-0.2, 0) is 4.79 Å². The standard InChI is InChI=1S/C17H16N2O5/c1-11(20)24-15-8-3-12(9-16(15)23-2)10-18-19-17(22)13-4-6-14(21)7-5-13/h3-10,21H,1-2H3,(H,19,22)/b18-10-. The Morgan fingerprint density at radius 1 is 1.12 bits per heavy atom. The molecule has 2 aromatic carbocycles. The van der Waals surface area contributed by atoms with E-state index in [4.69, 9.17) is 9.47 Å². The summed E-state index contributed by atoms with van der Waals surface area (Å²) in [5.41, 5.74) is 3.39. The molecule has 0 aliphatic carbocycles. The first-order valence-corrected chi connectivity index (χ1v) is 6.98. The number of carbonyl (C=O) groups is 2. The molecule has 24 heavy (non-hydrogen) atoms. The Kier molecular flexibility index (Phi) is 5.51. The number of amides is 1. The zero-order valence-corrected chi connectivity index (χ0v) is 13.1. The highest BCUT2D eigenvalue weighted by Crippen LogP contribution is 2.27. The van der Waals surface area contributed by atoms with E-state index in [1.54, 1.807) is 18.2 Å². The van der Waals surface area contributed by atoms with Crippen molar-refractivity contribution < 1.29 is 24.2 Å². The number of rotatable bonds is 5. The SMILES string of the molecule is COc1cc(/C=N\NC(=O)c2ccc(O)cc2)ccc1OC(C)=O. The number of aromatic hydroxyl groups is 1. The van der Waals surface area contributed by atoms with Crippen LogP contribution in [0.3, 0.4) is 0 Å². The monoisotopic (exact) mass is 328 g/mol. The Hall–Kier alpha value is -3.35. The lowest BCUT2D eigenvalue weighted by Gasteiger charge is -2.08. The second-order valence-corrected chi connectivity index (χ2v) is 4.75. The number of phenols is 1. The van der Waals surface area contributed by atoms with Crippen molar-refractivity contribution in [2.45, 2.75) is 6.92 Å². The summed E-state index contributed by atoms with van der Waals surface area (Å²) < 4.78 is 10.1. The first-order chi connectivity index (χ1) is 11.5. The van der Waals surface area contributed by atoms with Crippen LogP contribution in [0, 0.1) is 0 Å². The van der Waals surface area contributed by atoms with Gasteiger partial charge in [0.05, 0.1) is 13.3 Å². The van der Waals surface area contributed by atoms with Crippen LogP contribution < -0.4 is 14.9 Å². The molecule has 0 radical (unpaired) electrons. The summed E-state index contributed by atoms with van der Waals surface area (Å²) in [5.74, 6) is -0.102. The van der Waals surface area contributed by atoms with Gasteiger partial charge in [0.1, 0.15) is 5.75 Å². The van der Waals surface area contributed by atoms with Crippen molar-refractivity contribution in [2.75, 3.05) is 7.11 Å². The van der Waals surface area contributed by atoms with E-state index >= 15 is 0 Å². The predicted octanol–water partition coefficient (Wildman–Crippen LogP) is 2.09. The molecular formula is C17H16N2O5. The van der Waals surface area contributed by atoms with Crippen molar-refractivity contribution >= 4 is 18.1 Å². The van der Waals surface area contributed by atoms with E-state index in [9.17, 15) is 14.7 Å². The summed E-state index contributed by atoms with van der Waals surface area (Å²) in [6.07, 6.45) is 1.43. The van der Waals surface area contributed by atoms with Crippen LogP contribution in [0.4, 0.5) is 0 Å². The van der Waals surface area contributed by atoms with Crippen LogP contribution in [0.5, 0.6) is 17.2 Å². The highest BCUT2D eigenvalue weighted by molar-refractivity contribution is 5.95. The molecule has 2 rings (SSSR count). The number of hydrogen-bond donors (Lipinski definition) is 2. The summed E-state index contributed by atoms with van der Waals surface area (Å²) >= 11 is 0. The van der Waals surface area contributed by atoms with Gasteiger partial charge in [-0.3, -0.25) is 9.59 Å². The number of nitrogens with one attached hydrogen (secondary N) is 1. The third-order valence-electron chi connectivity index (χ3n) is 2.95. The lowest BCUT2D eigenvalue weighted by molar-refractivity contribution is -0.132. The number of nitrogens with zero attached hydrogens (tertiary/aromatic N) is 1. The predicted molar refractivity (Wildman–Crippen MR) is 87.5 cm³/mol. The Morgan fingerprint density at radius 3 is 2.46 bits per heavy atom. The van der Waals surface area contributed by atoms with Crippen molar-refractivity contribution in [2.24, 2.45) is 5.10 Å². The lowest BCUT2D eigenvalue weighted by atomic mass is 10.2. The minimum atomic E-state index is -0.448. The summed E-state index contributed by atoms with van der Waals surface area (Å²) in [5, 5.41) is 13.0. The Morgan fingerprint density at radius 2 is 1.83 bits per heavy atom. The first kappa shape index (κ1) is 17.0. The van der Waals surface area contributed by atoms with Crippen LogP contribution in [0.2, 0.25) is 0 Å². The highest BCUT2D eigenvalue weighted by Gasteiger charge is 2.07. The fraction of sp³-hybridized carbons (Fsp3) is 0.118. The number of carbonyl (C=O) groups excluding carboxylic acids is 2. The molecule has 2 aromatic rings. The number of esters is 1. The van der Waals surface area contributed by atoms with Gasteiger partial charge in [-0.25, -0.2) is 5.43 Å². The minimum Gasteiger partial charge on any atom is -0.508 e. The molecule has 0 fully saturated rings. The normalized spacial score (nSPS) is 10.4. The third kappa shape index (κ3) is 4.57. The molecule has 0 spiro atoms. The molecule has 0 bridgehead atoms. The van der Waals surface area contributed by atoms with Gasteiger partial charge < -0.3 is 14.6 Å². The van der Waals surface area contributed by atoms with Crippen LogP contribution in [0.15, 0.2) is 47.6 Å². The van der Waals surface area contributed by atoms with E-state index in [-0.39, 0.29) is 5.75 Å². The maximum Gasteiger partial charge on any atom is 0.308 e. The highest BCUT2D eigenvalue weighted by atomic mass is 16.6. The molecule has 0 aliphatic rings. The largest absolute Gasteiger partial charge is 0.508 e. The number of hydrazone groups is 1. The molecule has 0 saturated heterocycles. The molecule has 0 unspecified atom stereocenters. The Bertz CT molecular complexity index is 769. The van der Waals surface area contributed by atoms with Gasteiger partial charge in [0.15, 0.2) is 11.5 Å². The Labute approximate surface area is 138 Å². The topological polar surface area (TPSA) is 97.2 Å². The van der Waals surface area contributed by atoms with Gasteiger partial charge in [-0.15, -0.1) is 0 Å². The van der Waals surface area contributed by atoms with Gasteiger partial charge in [-0.2, -0.15) is 5.10 Å². The molecule has 0 aromatic heterocycles. The summed E-state index contributed by atoms with van der Waals surface area (Å²) in [7, 11) is 1.45. The quantitative estimate of drug-likeness (QED) is 0.379. The van der Waals surface area contributed by atoms with E-state index in [0.29, 0.717) is 22.6 Å². The smallest absolute Gasteiger partial charge is 0.308 e. The molecule has 7 heteroatoms. The fourth-order valence-electron chi connectivity index (χ4n) is 1.85. The second-order valence-electron chi connectivity index (χ2n) is 4.75. The van der Waals surface area contributed by atoms with Crippen molar-refractivity contribution in [3.05, 3.63) is 53.6 Å². The van der Waals surface area contributed by atoms with Gasteiger partial charge in [-0.05, 0) is 48.0 Å². The number of methoxy groups -OCH3 is 1. The maximum atomic E-state index is 11.9. The van der Waals surface area contributed by atoms with E-state index in [1.807, 2.05) is 0 Å². The van der Waals surface area contributed by atoms with Gasteiger partial charge in [0.2, 0.25) is 0 Å². The minimum absolute atomic E-state index is 0.0787. The average Bonchev–Trinajstić information content (AvgIpc) is 2.56. The van der Waals surface area contributed by atoms with Gasteiger partial charge in [0.25, 0.3) is 5.91 Å².